The van der Waals surface area contributed by atoms with E-state index < -0.39 is 0 Å². The summed E-state index contributed by atoms with van der Waals surface area (Å²) in [6, 6.07) is 61.8. The van der Waals surface area contributed by atoms with E-state index in [1.807, 2.05) is 47.7 Å². The van der Waals surface area contributed by atoms with Crippen LogP contribution in [0, 0.1) is 0 Å². The third-order valence-electron chi connectivity index (χ3n) is 9.70. The minimum atomic E-state index is 0.694. The third-order valence-corrected chi connectivity index (χ3v) is 10.9. The summed E-state index contributed by atoms with van der Waals surface area (Å²) in [4.78, 5) is 15.6. The molecule has 0 radical (unpaired) electrons. The molecule has 10 rings (SSSR count). The van der Waals surface area contributed by atoms with Crippen molar-refractivity contribution >= 4 is 53.2 Å². The number of hydrogen-bond donors (Lipinski definition) is 0. The molecule has 10 aromatic rings. The summed E-state index contributed by atoms with van der Waals surface area (Å²) in [5, 5.41) is 6.10. The van der Waals surface area contributed by atoms with Crippen molar-refractivity contribution in [3.05, 3.63) is 176 Å². The zero-order valence-electron chi connectivity index (χ0n) is 27.5. The molecule has 0 aliphatic carbocycles. The van der Waals surface area contributed by atoms with E-state index in [1.165, 1.54) is 47.5 Å². The zero-order valence-corrected chi connectivity index (χ0v) is 28.3. The van der Waals surface area contributed by atoms with Crippen LogP contribution in [0.15, 0.2) is 176 Å². The Labute approximate surface area is 299 Å². The third kappa shape index (κ3) is 5.08. The van der Waals surface area contributed by atoms with Crippen molar-refractivity contribution in [2.45, 2.75) is 0 Å². The van der Waals surface area contributed by atoms with Crippen LogP contribution in [0.1, 0.15) is 0 Å². The van der Waals surface area contributed by atoms with Gasteiger partial charge < -0.3 is 0 Å². The van der Waals surface area contributed by atoms with Gasteiger partial charge in [0.05, 0.1) is 22.6 Å². The first kappa shape index (κ1) is 29.4. The molecule has 0 saturated heterocycles. The summed E-state index contributed by atoms with van der Waals surface area (Å²) < 4.78 is 2.52. The Morgan fingerprint density at radius 2 is 0.980 bits per heavy atom. The highest BCUT2D eigenvalue weighted by atomic mass is 32.1. The topological polar surface area (TPSA) is 38.7 Å². The number of aromatic nitrogens is 3. The molecule has 238 valence electrons. The monoisotopic (exact) mass is 667 g/mol. The molecule has 3 aromatic heterocycles. The summed E-state index contributed by atoms with van der Waals surface area (Å²) in [5.74, 6) is 0.694. The molecule has 0 aliphatic heterocycles. The Kier molecular flexibility index (Phi) is 7.00. The van der Waals surface area contributed by atoms with Crippen LogP contribution >= 0.6 is 11.3 Å². The van der Waals surface area contributed by atoms with Crippen LogP contribution < -0.4 is 0 Å². The van der Waals surface area contributed by atoms with Crippen LogP contribution in [-0.2, 0) is 0 Å². The summed E-state index contributed by atoms with van der Waals surface area (Å²) in [6.45, 7) is 0. The highest BCUT2D eigenvalue weighted by Crippen LogP contribution is 2.46. The predicted octanol–water partition coefficient (Wildman–Crippen LogP) is 12.9. The van der Waals surface area contributed by atoms with Gasteiger partial charge in [-0.25, -0.2) is 15.0 Å². The Balaban J connectivity index is 1.16. The van der Waals surface area contributed by atoms with E-state index in [0.717, 1.165) is 44.9 Å². The molecule has 0 spiro atoms. The number of hydrogen-bond acceptors (Lipinski definition) is 4. The molecule has 0 saturated carbocycles. The first-order valence-electron chi connectivity index (χ1n) is 17.1. The van der Waals surface area contributed by atoms with E-state index in [1.54, 1.807) is 0 Å². The quantitative estimate of drug-likeness (QED) is 0.183. The molecule has 7 aromatic carbocycles. The Morgan fingerprint density at radius 1 is 0.392 bits per heavy atom. The van der Waals surface area contributed by atoms with Gasteiger partial charge in [-0.2, -0.15) is 0 Å². The number of pyridine rings is 1. The first-order valence-corrected chi connectivity index (χ1v) is 17.9. The molecular formula is C47H29N3S. The van der Waals surface area contributed by atoms with Crippen molar-refractivity contribution in [2.75, 3.05) is 0 Å². The van der Waals surface area contributed by atoms with Crippen molar-refractivity contribution in [3.8, 4) is 56.3 Å². The number of fused-ring (bicyclic) bond motifs is 6. The number of rotatable bonds is 5. The fourth-order valence-electron chi connectivity index (χ4n) is 7.27. The van der Waals surface area contributed by atoms with Crippen molar-refractivity contribution < 1.29 is 0 Å². The minimum absolute atomic E-state index is 0.694. The van der Waals surface area contributed by atoms with Gasteiger partial charge in [0.2, 0.25) is 0 Å². The fourth-order valence-corrected chi connectivity index (χ4v) is 8.54. The van der Waals surface area contributed by atoms with Gasteiger partial charge in [-0.15, -0.1) is 11.3 Å². The molecule has 3 heterocycles. The molecule has 0 bridgehead atoms. The largest absolute Gasteiger partial charge is 0.247 e. The summed E-state index contributed by atoms with van der Waals surface area (Å²) >= 11 is 1.85. The molecule has 51 heavy (non-hydrogen) atoms. The van der Waals surface area contributed by atoms with Crippen molar-refractivity contribution in [1.82, 2.24) is 15.0 Å². The highest BCUT2D eigenvalue weighted by molar-refractivity contribution is 7.26. The maximum atomic E-state index is 5.45. The molecule has 0 fully saturated rings. The maximum Gasteiger partial charge on any atom is 0.160 e. The normalized spacial score (nSPS) is 11.5. The van der Waals surface area contributed by atoms with Crippen LogP contribution in [0.2, 0.25) is 0 Å². The second kappa shape index (κ2) is 12.1. The maximum absolute atomic E-state index is 5.45. The van der Waals surface area contributed by atoms with Crippen LogP contribution in [-0.4, -0.2) is 15.0 Å². The summed E-state index contributed by atoms with van der Waals surface area (Å²) in [5.41, 5.74) is 10.3. The lowest BCUT2D eigenvalue weighted by Crippen LogP contribution is -1.96. The van der Waals surface area contributed by atoms with Crippen LogP contribution in [0.3, 0.4) is 0 Å². The number of benzene rings is 7. The van der Waals surface area contributed by atoms with E-state index in [9.17, 15) is 0 Å². The second-order valence-corrected chi connectivity index (χ2v) is 13.8. The van der Waals surface area contributed by atoms with E-state index in [-0.39, 0.29) is 0 Å². The van der Waals surface area contributed by atoms with Gasteiger partial charge in [0.25, 0.3) is 0 Å². The standard InChI is InChI=1S/C47H29N3S/c1-3-14-31(15-4-1)40-29-41(32-16-5-2-6-17-32)50-47(49-40)34-27-25-33(26-28-34)45-44-38-20-9-10-24-42(38)51-46(44)43-37(22-12-23-39(43)48-45)36-21-11-18-30-13-7-8-19-35(30)36/h1-29H. The van der Waals surface area contributed by atoms with Crippen molar-refractivity contribution in [2.24, 2.45) is 0 Å². The molecule has 3 nitrogen and oxygen atoms in total. The SMILES string of the molecule is c1ccc(-c2cc(-c3ccccc3)nc(-c3ccc(-c4nc5cccc(-c6cccc7ccccc67)c5c5sc6ccccc6c45)cc3)n2)cc1. The Bertz CT molecular complexity index is 2830. The van der Waals surface area contributed by atoms with Crippen molar-refractivity contribution in [1.29, 1.82) is 0 Å². The van der Waals surface area contributed by atoms with E-state index in [0.29, 0.717) is 5.82 Å². The van der Waals surface area contributed by atoms with Crippen LogP contribution in [0.25, 0.3) is 98.1 Å². The van der Waals surface area contributed by atoms with Gasteiger partial charge in [-0.1, -0.05) is 158 Å². The molecule has 0 N–H and O–H groups in total. The Hall–Kier alpha value is -6.49. The van der Waals surface area contributed by atoms with E-state index >= 15 is 0 Å². The summed E-state index contributed by atoms with van der Waals surface area (Å²) in [6.07, 6.45) is 0. The minimum Gasteiger partial charge on any atom is -0.247 e. The highest BCUT2D eigenvalue weighted by Gasteiger charge is 2.20. The average Bonchev–Trinajstić information content (AvgIpc) is 3.60. The van der Waals surface area contributed by atoms with Crippen molar-refractivity contribution in [3.63, 3.8) is 0 Å². The summed E-state index contributed by atoms with van der Waals surface area (Å²) in [7, 11) is 0. The number of nitrogens with zero attached hydrogens (tertiary/aromatic N) is 3. The van der Waals surface area contributed by atoms with Gasteiger partial charge >= 0.3 is 0 Å². The lowest BCUT2D eigenvalue weighted by atomic mass is 9.93. The fraction of sp³-hybridized carbons (Fsp3) is 0. The smallest absolute Gasteiger partial charge is 0.160 e. The van der Waals surface area contributed by atoms with Gasteiger partial charge in [0.1, 0.15) is 0 Å². The van der Waals surface area contributed by atoms with Gasteiger partial charge in [0.15, 0.2) is 5.82 Å². The molecule has 0 unspecified atom stereocenters. The average molecular weight is 668 g/mol. The first-order chi connectivity index (χ1) is 25.3. The molecular weight excluding hydrogens is 639 g/mol. The molecule has 4 heteroatoms. The molecule has 0 atom stereocenters. The second-order valence-electron chi connectivity index (χ2n) is 12.8. The molecule has 0 amide bonds. The molecule has 0 aliphatic rings. The van der Waals surface area contributed by atoms with E-state index in [2.05, 4.69) is 140 Å². The van der Waals surface area contributed by atoms with Gasteiger partial charge in [0, 0.05) is 47.8 Å². The van der Waals surface area contributed by atoms with Crippen LogP contribution in [0.5, 0.6) is 0 Å². The zero-order chi connectivity index (χ0) is 33.7. The number of thiophene rings is 1. The van der Waals surface area contributed by atoms with Gasteiger partial charge in [-0.3, -0.25) is 0 Å². The Morgan fingerprint density at radius 3 is 1.73 bits per heavy atom. The predicted molar refractivity (Wildman–Crippen MR) is 215 cm³/mol. The van der Waals surface area contributed by atoms with E-state index in [4.69, 9.17) is 15.0 Å². The lowest BCUT2D eigenvalue weighted by molar-refractivity contribution is 1.18. The van der Waals surface area contributed by atoms with Gasteiger partial charge in [-0.05, 0) is 40.1 Å². The lowest BCUT2D eigenvalue weighted by Gasteiger charge is -2.13. The van der Waals surface area contributed by atoms with Crippen LogP contribution in [0.4, 0.5) is 0 Å².